The lowest BCUT2D eigenvalue weighted by Gasteiger charge is -2.26. The summed E-state index contributed by atoms with van der Waals surface area (Å²) >= 11 is 15.4. The molecule has 2 saturated carbocycles. The lowest BCUT2D eigenvalue weighted by atomic mass is 9.91. The van der Waals surface area contributed by atoms with Crippen molar-refractivity contribution < 1.29 is 3.63 Å². The monoisotopic (exact) mass is 466 g/mol. The number of hydrogen-bond acceptors (Lipinski definition) is 3. The van der Waals surface area contributed by atoms with Gasteiger partial charge in [0.05, 0.1) is 0 Å². The highest BCUT2D eigenvalue weighted by Crippen LogP contribution is 2.50. The molecule has 29 heavy (non-hydrogen) atoms. The second-order valence-corrected chi connectivity index (χ2v) is 11.8. The molecular weight excluding hydrogens is 439 g/mol. The van der Waals surface area contributed by atoms with E-state index in [0.29, 0.717) is 22.3 Å². The normalized spacial score (nSPS) is 20.8. The van der Waals surface area contributed by atoms with E-state index in [1.807, 2.05) is 24.3 Å². The zero-order chi connectivity index (χ0) is 20.4. The molecule has 5 heteroatoms. The van der Waals surface area contributed by atoms with Crippen molar-refractivity contribution in [1.29, 1.82) is 0 Å². The van der Waals surface area contributed by atoms with Crippen LogP contribution < -0.4 is 0 Å². The van der Waals surface area contributed by atoms with Crippen molar-refractivity contribution in [2.75, 3.05) is 0 Å². The predicted molar refractivity (Wildman–Crippen MR) is 129 cm³/mol. The predicted octanol–water partition coefficient (Wildman–Crippen LogP) is 8.77. The fourth-order valence-corrected chi connectivity index (χ4v) is 6.82. The maximum atomic E-state index is 6.15. The van der Waals surface area contributed by atoms with Gasteiger partial charge in [0, 0.05) is 56.5 Å². The van der Waals surface area contributed by atoms with E-state index < -0.39 is 0 Å². The van der Waals surface area contributed by atoms with Crippen molar-refractivity contribution in [2.24, 2.45) is 11.8 Å². The number of benzene rings is 2. The van der Waals surface area contributed by atoms with Crippen molar-refractivity contribution in [1.82, 2.24) is 0 Å². The van der Waals surface area contributed by atoms with E-state index in [-0.39, 0.29) is 0 Å². The van der Waals surface area contributed by atoms with Crippen LogP contribution in [0.25, 0.3) is 0 Å². The van der Waals surface area contributed by atoms with E-state index in [1.165, 1.54) is 36.8 Å². The molecule has 2 aromatic carbocycles. The van der Waals surface area contributed by atoms with Gasteiger partial charge in [0.15, 0.2) is 0 Å². The van der Waals surface area contributed by atoms with Crippen LogP contribution in [0.4, 0.5) is 0 Å². The fourth-order valence-electron chi connectivity index (χ4n) is 4.40. The van der Waals surface area contributed by atoms with Crippen molar-refractivity contribution in [3.05, 3.63) is 69.7 Å². The van der Waals surface area contributed by atoms with Crippen LogP contribution in [0.5, 0.6) is 0 Å². The largest absolute Gasteiger partial charge is 0.247 e. The van der Waals surface area contributed by atoms with Crippen molar-refractivity contribution in [3.63, 3.8) is 0 Å². The Morgan fingerprint density at radius 2 is 1.03 bits per heavy atom. The van der Waals surface area contributed by atoms with Crippen LogP contribution in [-0.2, 0) is 3.63 Å². The summed E-state index contributed by atoms with van der Waals surface area (Å²) in [5.41, 5.74) is 2.77. The van der Waals surface area contributed by atoms with Crippen LogP contribution >= 0.6 is 47.3 Å². The Bertz CT molecular complexity index is 720. The molecule has 0 radical (unpaired) electrons. The molecule has 156 valence electrons. The molecule has 0 N–H and O–H groups in total. The maximum Gasteiger partial charge on any atom is 0.0406 e. The Hall–Kier alpha value is -0.320. The van der Waals surface area contributed by atoms with Crippen molar-refractivity contribution >= 4 is 47.3 Å². The molecule has 4 rings (SSSR count). The minimum Gasteiger partial charge on any atom is -0.247 e. The summed E-state index contributed by atoms with van der Waals surface area (Å²) < 4.78 is 6.15. The Kier molecular flexibility index (Phi) is 7.45. The van der Waals surface area contributed by atoms with Crippen LogP contribution in [0.2, 0.25) is 10.0 Å². The number of hydrogen-bond donors (Lipinski definition) is 0. The molecule has 0 aromatic heterocycles. The number of rotatable bonds is 10. The van der Waals surface area contributed by atoms with Gasteiger partial charge in [-0.25, -0.2) is 3.63 Å². The van der Waals surface area contributed by atoms with E-state index in [2.05, 4.69) is 38.1 Å². The summed E-state index contributed by atoms with van der Waals surface area (Å²) in [5.74, 6) is 2.61. The molecule has 0 heterocycles. The van der Waals surface area contributed by atoms with Crippen LogP contribution in [-0.4, -0.2) is 10.5 Å². The summed E-state index contributed by atoms with van der Waals surface area (Å²) in [6.07, 6.45) is 5.29. The lowest BCUT2D eigenvalue weighted by Crippen LogP contribution is -2.16. The molecule has 0 amide bonds. The van der Waals surface area contributed by atoms with Gasteiger partial charge in [-0.05, 0) is 72.9 Å². The van der Waals surface area contributed by atoms with Crippen molar-refractivity contribution in [2.45, 2.75) is 61.9 Å². The van der Waals surface area contributed by atoms with Gasteiger partial charge < -0.3 is 0 Å². The second-order valence-electron chi connectivity index (χ2n) is 8.50. The molecule has 0 bridgehead atoms. The highest BCUT2D eigenvalue weighted by atomic mass is 35.5. The second kappa shape index (κ2) is 9.87. The van der Waals surface area contributed by atoms with Gasteiger partial charge >= 0.3 is 0 Å². The summed E-state index contributed by atoms with van der Waals surface area (Å²) in [6, 6.07) is 16.8. The van der Waals surface area contributed by atoms with E-state index in [9.17, 15) is 0 Å². The fraction of sp³-hybridized carbons (Fsp3) is 0.500. The molecule has 2 aliphatic carbocycles. The first-order valence-electron chi connectivity index (χ1n) is 10.5. The molecule has 0 aliphatic heterocycles. The van der Waals surface area contributed by atoms with Crippen LogP contribution in [0.15, 0.2) is 48.5 Å². The summed E-state index contributed by atoms with van der Waals surface area (Å²) in [6.45, 7) is 4.59. The summed E-state index contributed by atoms with van der Waals surface area (Å²) in [5, 5.41) is 2.44. The summed E-state index contributed by atoms with van der Waals surface area (Å²) in [7, 11) is 0. The molecule has 4 unspecified atom stereocenters. The quantitative estimate of drug-likeness (QED) is 0.323. The first kappa shape index (κ1) is 21.9. The third-order valence-corrected chi connectivity index (χ3v) is 8.49. The average molecular weight is 468 g/mol. The van der Waals surface area contributed by atoms with Gasteiger partial charge in [-0.2, -0.15) is 0 Å². The molecule has 4 atom stereocenters. The highest BCUT2D eigenvalue weighted by molar-refractivity contribution is 8.08. The lowest BCUT2D eigenvalue weighted by molar-refractivity contribution is 0.569. The molecule has 0 spiro atoms. The van der Waals surface area contributed by atoms with E-state index >= 15 is 0 Å². The molecule has 1 nitrogen and oxygen atoms in total. The minimum atomic E-state index is 0.415. The third kappa shape index (κ3) is 5.89. The zero-order valence-corrected chi connectivity index (χ0v) is 20.0. The molecule has 0 saturated heterocycles. The van der Waals surface area contributed by atoms with E-state index in [4.69, 9.17) is 26.8 Å². The van der Waals surface area contributed by atoms with Gasteiger partial charge in [0.25, 0.3) is 0 Å². The molecule has 2 aliphatic rings. The van der Waals surface area contributed by atoms with Crippen LogP contribution in [0, 0.1) is 11.8 Å². The third-order valence-electron chi connectivity index (χ3n) is 6.16. The van der Waals surface area contributed by atoms with Crippen molar-refractivity contribution in [3.8, 4) is 0 Å². The Balaban J connectivity index is 1.34. The van der Waals surface area contributed by atoms with Gasteiger partial charge in [0.1, 0.15) is 0 Å². The first-order chi connectivity index (χ1) is 14.0. The smallest absolute Gasteiger partial charge is 0.0406 e. The topological polar surface area (TPSA) is 9.23 Å². The highest BCUT2D eigenvalue weighted by Gasteiger charge is 2.38. The zero-order valence-electron chi connectivity index (χ0n) is 16.9. The van der Waals surface area contributed by atoms with E-state index in [0.717, 1.165) is 21.9 Å². The van der Waals surface area contributed by atoms with Gasteiger partial charge in [-0.15, -0.1) is 0 Å². The van der Waals surface area contributed by atoms with Crippen LogP contribution in [0.3, 0.4) is 0 Å². The molecule has 2 fully saturated rings. The van der Waals surface area contributed by atoms with Gasteiger partial charge in [-0.3, -0.25) is 0 Å². The van der Waals surface area contributed by atoms with E-state index in [1.54, 1.807) is 24.1 Å². The Morgan fingerprint density at radius 1 is 0.690 bits per heavy atom. The SMILES string of the molecule is CC(SOSC(C)C(c1ccc(Cl)cc1)C1CC1)C(c1ccc(Cl)cc1)C1CC1. The first-order valence-corrected chi connectivity index (χ1v) is 12.9. The number of halogens is 2. The average Bonchev–Trinajstić information content (AvgIpc) is 3.60. The molecular formula is C24H28Cl2OS2. The Morgan fingerprint density at radius 3 is 1.34 bits per heavy atom. The minimum absolute atomic E-state index is 0.415. The summed E-state index contributed by atoms with van der Waals surface area (Å²) in [4.78, 5) is 0. The Labute approximate surface area is 193 Å². The van der Waals surface area contributed by atoms with Gasteiger partial charge in [0.2, 0.25) is 0 Å². The maximum absolute atomic E-state index is 6.15. The standard InChI is InChI=1S/C24H28Cl2OS2/c1-15(23(17-3-4-17)19-7-11-21(25)12-8-19)28-27-29-16(2)24(18-5-6-18)20-9-13-22(26)14-10-20/h7-18,23-24H,3-6H2,1-2H3. The van der Waals surface area contributed by atoms with Gasteiger partial charge in [-0.1, -0.05) is 61.3 Å². The van der Waals surface area contributed by atoms with Crippen LogP contribution in [0.1, 0.15) is 62.5 Å². The molecule has 2 aromatic rings.